The van der Waals surface area contributed by atoms with Crippen molar-refractivity contribution in [3.8, 4) is 10.4 Å². The first-order valence-electron chi connectivity index (χ1n) is 11.0. The van der Waals surface area contributed by atoms with E-state index in [1.54, 1.807) is 41.5 Å². The van der Waals surface area contributed by atoms with Crippen LogP contribution in [0.1, 0.15) is 25.9 Å². The standard InChI is InChI=1S/C25H23FN4O3S/c1-15-29-22(23(34-15)16-5-7-17(26)8-6-16)25(32)30-11-10-27-13-18(30)14-28-24(31)20-3-2-4-21-19(20)9-12-33-21/h2-9,12,18,27H,10-11,13-14H2,1H3,(H,28,31). The lowest BCUT2D eigenvalue weighted by Crippen LogP contribution is -2.57. The van der Waals surface area contributed by atoms with Gasteiger partial charge in [-0.2, -0.15) is 0 Å². The number of benzene rings is 2. The molecule has 0 saturated carbocycles. The molecule has 0 radical (unpaired) electrons. The number of nitrogens with one attached hydrogen (secondary N) is 2. The van der Waals surface area contributed by atoms with Gasteiger partial charge in [0, 0.05) is 31.6 Å². The van der Waals surface area contributed by atoms with Gasteiger partial charge in [0.1, 0.15) is 17.1 Å². The number of hydrogen-bond acceptors (Lipinski definition) is 6. The third-order valence-electron chi connectivity index (χ3n) is 5.89. The van der Waals surface area contributed by atoms with Crippen LogP contribution < -0.4 is 10.6 Å². The minimum atomic E-state index is -0.332. The third kappa shape index (κ3) is 4.32. The van der Waals surface area contributed by atoms with Crippen LogP contribution in [0.15, 0.2) is 59.2 Å². The Kier molecular flexibility index (Phi) is 6.12. The molecule has 9 heteroatoms. The summed E-state index contributed by atoms with van der Waals surface area (Å²) in [5.74, 6) is -0.746. The molecule has 0 spiro atoms. The average molecular weight is 479 g/mol. The maximum absolute atomic E-state index is 13.6. The largest absolute Gasteiger partial charge is 0.464 e. The van der Waals surface area contributed by atoms with E-state index in [9.17, 15) is 14.0 Å². The van der Waals surface area contributed by atoms with Crippen LogP contribution in [0, 0.1) is 12.7 Å². The molecule has 1 aliphatic rings. The van der Waals surface area contributed by atoms with Crippen molar-refractivity contribution in [2.24, 2.45) is 0 Å². The number of carbonyl (C=O) groups is 2. The molecule has 1 saturated heterocycles. The van der Waals surface area contributed by atoms with E-state index in [1.807, 2.05) is 13.0 Å². The van der Waals surface area contributed by atoms with E-state index in [1.165, 1.54) is 23.5 Å². The van der Waals surface area contributed by atoms with Gasteiger partial charge in [0.2, 0.25) is 0 Å². The van der Waals surface area contributed by atoms with Crippen LogP contribution in [-0.4, -0.2) is 53.9 Å². The molecule has 5 rings (SSSR count). The molecule has 174 valence electrons. The third-order valence-corrected chi connectivity index (χ3v) is 6.91. The van der Waals surface area contributed by atoms with Crippen molar-refractivity contribution in [3.63, 3.8) is 0 Å². The predicted octanol–water partition coefficient (Wildman–Crippen LogP) is 3.85. The van der Waals surface area contributed by atoms with Crippen LogP contribution in [0.4, 0.5) is 4.39 Å². The Balaban J connectivity index is 1.35. The van der Waals surface area contributed by atoms with Crippen LogP contribution >= 0.6 is 11.3 Å². The zero-order valence-electron chi connectivity index (χ0n) is 18.5. The van der Waals surface area contributed by atoms with Gasteiger partial charge in [0.15, 0.2) is 0 Å². The lowest BCUT2D eigenvalue weighted by molar-refractivity contribution is 0.0620. The molecule has 2 aromatic heterocycles. The fourth-order valence-corrected chi connectivity index (χ4v) is 5.13. The van der Waals surface area contributed by atoms with Crippen LogP contribution in [0.25, 0.3) is 21.4 Å². The number of hydrogen-bond donors (Lipinski definition) is 2. The quantitative estimate of drug-likeness (QED) is 0.455. The normalized spacial score (nSPS) is 16.1. The average Bonchev–Trinajstić information content (AvgIpc) is 3.49. The number of carbonyl (C=O) groups excluding carboxylic acids is 2. The van der Waals surface area contributed by atoms with Crippen molar-refractivity contribution in [1.82, 2.24) is 20.5 Å². The fourth-order valence-electron chi connectivity index (χ4n) is 4.21. The molecule has 34 heavy (non-hydrogen) atoms. The second-order valence-electron chi connectivity index (χ2n) is 8.12. The summed E-state index contributed by atoms with van der Waals surface area (Å²) in [5.41, 5.74) is 2.29. The Morgan fingerprint density at radius 1 is 1.24 bits per heavy atom. The van der Waals surface area contributed by atoms with Gasteiger partial charge in [0.05, 0.1) is 27.8 Å². The molecule has 7 nitrogen and oxygen atoms in total. The van der Waals surface area contributed by atoms with Crippen molar-refractivity contribution in [1.29, 1.82) is 0 Å². The zero-order valence-corrected chi connectivity index (χ0v) is 19.3. The number of nitrogens with zero attached hydrogens (tertiary/aromatic N) is 2. The number of aromatic nitrogens is 1. The Bertz CT molecular complexity index is 1350. The predicted molar refractivity (Wildman–Crippen MR) is 128 cm³/mol. The summed E-state index contributed by atoms with van der Waals surface area (Å²) in [6.07, 6.45) is 1.56. The number of aryl methyl sites for hydroxylation is 1. The molecule has 1 fully saturated rings. The molecular formula is C25H23FN4O3S. The number of piperazine rings is 1. The molecule has 1 aliphatic heterocycles. The highest BCUT2D eigenvalue weighted by molar-refractivity contribution is 7.15. The van der Waals surface area contributed by atoms with Gasteiger partial charge >= 0.3 is 0 Å². The maximum Gasteiger partial charge on any atom is 0.274 e. The van der Waals surface area contributed by atoms with Gasteiger partial charge in [0.25, 0.3) is 11.8 Å². The van der Waals surface area contributed by atoms with Gasteiger partial charge < -0.3 is 20.0 Å². The summed E-state index contributed by atoms with van der Waals surface area (Å²) < 4.78 is 18.8. The van der Waals surface area contributed by atoms with Gasteiger partial charge in [-0.25, -0.2) is 9.37 Å². The lowest BCUT2D eigenvalue weighted by atomic mass is 10.1. The summed E-state index contributed by atoms with van der Waals surface area (Å²) >= 11 is 1.41. The number of rotatable bonds is 5. The van der Waals surface area contributed by atoms with E-state index in [-0.39, 0.29) is 23.7 Å². The lowest BCUT2D eigenvalue weighted by Gasteiger charge is -2.36. The first kappa shape index (κ1) is 22.2. The second-order valence-corrected chi connectivity index (χ2v) is 9.33. The van der Waals surface area contributed by atoms with Gasteiger partial charge in [-0.15, -0.1) is 11.3 Å². The number of halogens is 1. The number of furan rings is 1. The molecule has 1 atom stereocenters. The monoisotopic (exact) mass is 478 g/mol. The molecule has 3 heterocycles. The van der Waals surface area contributed by atoms with E-state index < -0.39 is 0 Å². The minimum Gasteiger partial charge on any atom is -0.464 e. The summed E-state index contributed by atoms with van der Waals surface area (Å²) in [6, 6.07) is 12.9. The molecule has 1 unspecified atom stereocenters. The van der Waals surface area contributed by atoms with E-state index >= 15 is 0 Å². The first-order valence-corrected chi connectivity index (χ1v) is 11.8. The van der Waals surface area contributed by atoms with Gasteiger partial charge in [-0.3, -0.25) is 9.59 Å². The molecule has 2 N–H and O–H groups in total. The van der Waals surface area contributed by atoms with E-state index in [4.69, 9.17) is 4.42 Å². The van der Waals surface area contributed by atoms with Crippen LogP contribution in [0.5, 0.6) is 0 Å². The van der Waals surface area contributed by atoms with Crippen molar-refractivity contribution in [3.05, 3.63) is 76.9 Å². The smallest absolute Gasteiger partial charge is 0.274 e. The molecule has 0 bridgehead atoms. The van der Waals surface area contributed by atoms with Crippen molar-refractivity contribution >= 4 is 34.1 Å². The summed E-state index contributed by atoms with van der Waals surface area (Å²) in [6.45, 7) is 3.84. The Hall–Kier alpha value is -3.56. The van der Waals surface area contributed by atoms with E-state index in [0.29, 0.717) is 43.0 Å². The summed E-state index contributed by atoms with van der Waals surface area (Å²) in [7, 11) is 0. The van der Waals surface area contributed by atoms with Gasteiger partial charge in [-0.1, -0.05) is 18.2 Å². The maximum atomic E-state index is 13.6. The van der Waals surface area contributed by atoms with Crippen LogP contribution in [-0.2, 0) is 0 Å². The second kappa shape index (κ2) is 9.36. The van der Waals surface area contributed by atoms with Crippen molar-refractivity contribution < 1.29 is 18.4 Å². The highest BCUT2D eigenvalue weighted by Crippen LogP contribution is 2.31. The zero-order chi connectivity index (χ0) is 23.7. The minimum absolute atomic E-state index is 0.193. The van der Waals surface area contributed by atoms with Crippen LogP contribution in [0.3, 0.4) is 0 Å². The van der Waals surface area contributed by atoms with E-state index in [2.05, 4.69) is 15.6 Å². The molecule has 2 amide bonds. The Morgan fingerprint density at radius 3 is 2.88 bits per heavy atom. The molecule has 4 aromatic rings. The first-order chi connectivity index (χ1) is 16.5. The van der Waals surface area contributed by atoms with Crippen molar-refractivity contribution in [2.75, 3.05) is 26.2 Å². The fraction of sp³-hybridized carbons (Fsp3) is 0.240. The molecular weight excluding hydrogens is 455 g/mol. The highest BCUT2D eigenvalue weighted by Gasteiger charge is 2.31. The Labute approximate surface area is 199 Å². The summed E-state index contributed by atoms with van der Waals surface area (Å²) in [4.78, 5) is 33.5. The number of fused-ring (bicyclic) bond motifs is 1. The Morgan fingerprint density at radius 2 is 2.06 bits per heavy atom. The van der Waals surface area contributed by atoms with E-state index in [0.717, 1.165) is 20.8 Å². The number of thiazole rings is 1. The van der Waals surface area contributed by atoms with Crippen LogP contribution in [0.2, 0.25) is 0 Å². The topological polar surface area (TPSA) is 87.5 Å². The number of amides is 2. The molecule has 0 aliphatic carbocycles. The van der Waals surface area contributed by atoms with Crippen molar-refractivity contribution in [2.45, 2.75) is 13.0 Å². The molecule has 2 aromatic carbocycles. The highest BCUT2D eigenvalue weighted by atomic mass is 32.1. The SMILES string of the molecule is Cc1nc(C(=O)N2CCNCC2CNC(=O)c2cccc3occc23)c(-c2ccc(F)cc2)s1. The summed E-state index contributed by atoms with van der Waals surface area (Å²) in [5, 5.41) is 7.78. The van der Waals surface area contributed by atoms with Gasteiger partial charge in [-0.05, 0) is 42.8 Å².